The lowest BCUT2D eigenvalue weighted by Crippen LogP contribution is -2.71. The molecule has 0 radical (unpaired) electrons. The molecule has 0 aromatic rings. The van der Waals surface area contributed by atoms with Crippen molar-refractivity contribution in [2.75, 3.05) is 30.3 Å². The summed E-state index contributed by atoms with van der Waals surface area (Å²) in [4.78, 5) is 41.4. The molecule has 0 aliphatic carbocycles. The first-order chi connectivity index (χ1) is 12.0. The maximum atomic E-state index is 12.4. The number of carbonyl (C=O) groups is 3. The molecule has 0 spiro atoms. The van der Waals surface area contributed by atoms with Crippen LogP contribution in [-0.4, -0.2) is 74.1 Å². The molecule has 136 valence electrons. The van der Waals surface area contributed by atoms with Crippen molar-refractivity contribution in [1.82, 2.24) is 15.5 Å². The van der Waals surface area contributed by atoms with Gasteiger partial charge in [-0.05, 0) is 12.5 Å². The van der Waals surface area contributed by atoms with Gasteiger partial charge in [-0.2, -0.15) is 0 Å². The van der Waals surface area contributed by atoms with E-state index in [1.54, 1.807) is 18.7 Å². The van der Waals surface area contributed by atoms with Crippen LogP contribution >= 0.6 is 35.3 Å². The SMILES string of the molecule is CCNC(=O)NC1C(=O)N2C(C(=O)O)=C(CSC3=NCCS3)CS[C@@H]12. The van der Waals surface area contributed by atoms with Crippen molar-refractivity contribution in [2.45, 2.75) is 18.3 Å². The fourth-order valence-corrected chi connectivity index (χ4v) is 6.19. The van der Waals surface area contributed by atoms with Crippen LogP contribution in [0.4, 0.5) is 4.79 Å². The smallest absolute Gasteiger partial charge is 0.352 e. The van der Waals surface area contributed by atoms with Crippen molar-refractivity contribution >= 4 is 57.6 Å². The second kappa shape index (κ2) is 7.92. The summed E-state index contributed by atoms with van der Waals surface area (Å²) in [5, 5.41) is 14.4. The van der Waals surface area contributed by atoms with Gasteiger partial charge in [0, 0.05) is 23.8 Å². The van der Waals surface area contributed by atoms with Gasteiger partial charge in [-0.15, -0.1) is 11.8 Å². The number of fused-ring (bicyclic) bond motifs is 1. The standard InChI is InChI=1S/C14H18N4O4S3/c1-2-15-13(22)17-8-10(19)18-9(12(20)21)7(5-24-11(8)18)6-25-14-16-3-4-23-14/h8,11H,2-6H2,1H3,(H,20,21)(H2,15,17,22)/t8?,11-/m0/s1. The van der Waals surface area contributed by atoms with Crippen LogP contribution in [0.15, 0.2) is 16.3 Å². The van der Waals surface area contributed by atoms with Crippen molar-refractivity contribution in [1.29, 1.82) is 0 Å². The first-order valence-electron chi connectivity index (χ1n) is 7.77. The van der Waals surface area contributed by atoms with E-state index in [0.29, 0.717) is 18.1 Å². The predicted molar refractivity (Wildman–Crippen MR) is 101 cm³/mol. The molecular formula is C14H18N4O4S3. The average Bonchev–Trinajstić information content (AvgIpc) is 3.10. The van der Waals surface area contributed by atoms with Crippen LogP contribution in [0.3, 0.4) is 0 Å². The molecule has 3 aliphatic rings. The molecule has 8 nitrogen and oxygen atoms in total. The van der Waals surface area contributed by atoms with Gasteiger partial charge >= 0.3 is 12.0 Å². The van der Waals surface area contributed by atoms with Gasteiger partial charge in [-0.1, -0.05) is 23.5 Å². The number of hydrogen-bond donors (Lipinski definition) is 3. The molecule has 1 fully saturated rings. The van der Waals surface area contributed by atoms with Gasteiger partial charge in [0.1, 0.15) is 21.5 Å². The van der Waals surface area contributed by atoms with E-state index in [9.17, 15) is 19.5 Å². The highest BCUT2D eigenvalue weighted by Gasteiger charge is 2.54. The Hall–Kier alpha value is -1.33. The van der Waals surface area contributed by atoms with E-state index < -0.39 is 18.0 Å². The lowest BCUT2D eigenvalue weighted by Gasteiger charge is -2.49. The van der Waals surface area contributed by atoms with Crippen LogP contribution in [0.5, 0.6) is 0 Å². The zero-order chi connectivity index (χ0) is 18.0. The molecule has 0 bridgehead atoms. The Kier molecular flexibility index (Phi) is 5.85. The van der Waals surface area contributed by atoms with Crippen molar-refractivity contribution in [3.63, 3.8) is 0 Å². The van der Waals surface area contributed by atoms with Crippen LogP contribution in [0, 0.1) is 0 Å². The molecule has 11 heteroatoms. The molecule has 25 heavy (non-hydrogen) atoms. The lowest BCUT2D eigenvalue weighted by molar-refractivity contribution is -0.148. The van der Waals surface area contributed by atoms with Crippen molar-refractivity contribution in [3.05, 3.63) is 11.3 Å². The third kappa shape index (κ3) is 3.77. The van der Waals surface area contributed by atoms with Gasteiger partial charge in [0.15, 0.2) is 0 Å². The molecule has 3 N–H and O–H groups in total. The van der Waals surface area contributed by atoms with E-state index in [1.165, 1.54) is 28.4 Å². The van der Waals surface area contributed by atoms with Crippen LogP contribution in [-0.2, 0) is 9.59 Å². The number of aliphatic carboxylic acids is 1. The molecular weight excluding hydrogens is 384 g/mol. The van der Waals surface area contributed by atoms with Gasteiger partial charge < -0.3 is 15.7 Å². The maximum Gasteiger partial charge on any atom is 0.352 e. The number of aliphatic imine (C=N–C) groups is 1. The highest BCUT2D eigenvalue weighted by molar-refractivity contribution is 8.39. The highest BCUT2D eigenvalue weighted by Crippen LogP contribution is 2.41. The topological polar surface area (TPSA) is 111 Å². The second-order valence-corrected chi connectivity index (χ2v) is 8.84. The molecule has 0 aromatic heterocycles. The molecule has 1 unspecified atom stereocenters. The number of carboxylic acids is 1. The van der Waals surface area contributed by atoms with Crippen LogP contribution in [0.25, 0.3) is 0 Å². The summed E-state index contributed by atoms with van der Waals surface area (Å²) in [6.45, 7) is 3.04. The number of carbonyl (C=O) groups excluding carboxylic acids is 2. The van der Waals surface area contributed by atoms with E-state index in [-0.39, 0.29) is 17.0 Å². The summed E-state index contributed by atoms with van der Waals surface area (Å²) in [5.41, 5.74) is 0.776. The summed E-state index contributed by atoms with van der Waals surface area (Å²) in [6.07, 6.45) is 0. The molecule has 0 aromatic carbocycles. The minimum atomic E-state index is -1.10. The summed E-state index contributed by atoms with van der Waals surface area (Å²) in [5.74, 6) is 0.504. The number of thioether (sulfide) groups is 3. The number of nitrogens with zero attached hydrogens (tertiary/aromatic N) is 2. The largest absolute Gasteiger partial charge is 0.477 e. The first kappa shape index (κ1) is 18.5. The summed E-state index contributed by atoms with van der Waals surface area (Å²) >= 11 is 4.67. The van der Waals surface area contributed by atoms with Crippen LogP contribution in [0.2, 0.25) is 0 Å². The Morgan fingerprint density at radius 3 is 2.92 bits per heavy atom. The summed E-state index contributed by atoms with van der Waals surface area (Å²) in [6, 6.07) is -1.10. The quantitative estimate of drug-likeness (QED) is 0.582. The molecule has 3 heterocycles. The number of amides is 3. The second-order valence-electron chi connectivity index (χ2n) is 5.43. The molecule has 3 rings (SSSR count). The third-order valence-electron chi connectivity index (χ3n) is 3.80. The van der Waals surface area contributed by atoms with Gasteiger partial charge in [-0.3, -0.25) is 14.7 Å². The van der Waals surface area contributed by atoms with Crippen LogP contribution < -0.4 is 10.6 Å². The lowest BCUT2D eigenvalue weighted by atomic mass is 10.0. The Bertz CT molecular complexity index is 666. The van der Waals surface area contributed by atoms with E-state index in [2.05, 4.69) is 15.6 Å². The zero-order valence-electron chi connectivity index (χ0n) is 13.5. The Labute approximate surface area is 157 Å². The third-order valence-corrected chi connectivity index (χ3v) is 7.48. The van der Waals surface area contributed by atoms with E-state index >= 15 is 0 Å². The summed E-state index contributed by atoms with van der Waals surface area (Å²) < 4.78 is 0.968. The van der Waals surface area contributed by atoms with Crippen molar-refractivity contribution in [2.24, 2.45) is 4.99 Å². The Morgan fingerprint density at radius 1 is 1.48 bits per heavy atom. The average molecular weight is 403 g/mol. The van der Waals surface area contributed by atoms with E-state index in [4.69, 9.17) is 0 Å². The number of β-lactam (4-membered cyclic amide) rings is 1. The van der Waals surface area contributed by atoms with E-state index in [0.717, 1.165) is 22.2 Å². The van der Waals surface area contributed by atoms with Gasteiger partial charge in [-0.25, -0.2) is 9.59 Å². The molecule has 3 amide bonds. The minimum Gasteiger partial charge on any atom is -0.477 e. The molecule has 3 aliphatic heterocycles. The fraction of sp³-hybridized carbons (Fsp3) is 0.571. The monoisotopic (exact) mass is 402 g/mol. The van der Waals surface area contributed by atoms with Gasteiger partial charge in [0.05, 0.1) is 6.54 Å². The van der Waals surface area contributed by atoms with Gasteiger partial charge in [0.25, 0.3) is 5.91 Å². The molecule has 0 saturated carbocycles. The molecule has 2 atom stereocenters. The van der Waals surface area contributed by atoms with Crippen molar-refractivity contribution in [3.8, 4) is 0 Å². The molecule has 1 saturated heterocycles. The maximum absolute atomic E-state index is 12.4. The number of urea groups is 1. The zero-order valence-corrected chi connectivity index (χ0v) is 15.9. The van der Waals surface area contributed by atoms with E-state index in [1.807, 2.05) is 0 Å². The van der Waals surface area contributed by atoms with Gasteiger partial charge in [0.2, 0.25) is 0 Å². The predicted octanol–water partition coefficient (Wildman–Crippen LogP) is 0.764. The highest BCUT2D eigenvalue weighted by atomic mass is 32.2. The van der Waals surface area contributed by atoms with Crippen LogP contribution in [0.1, 0.15) is 6.92 Å². The minimum absolute atomic E-state index is 0.0544. The first-order valence-corrected chi connectivity index (χ1v) is 10.8. The van der Waals surface area contributed by atoms with Crippen molar-refractivity contribution < 1.29 is 19.5 Å². The fourth-order valence-electron chi connectivity index (χ4n) is 2.70. The normalized spacial score (nSPS) is 25.2. The number of carboxylic acid groups (broad SMARTS) is 1. The number of nitrogens with one attached hydrogen (secondary N) is 2. The summed E-state index contributed by atoms with van der Waals surface area (Å²) in [7, 11) is 0. The number of hydrogen-bond acceptors (Lipinski definition) is 7. The Morgan fingerprint density at radius 2 is 2.28 bits per heavy atom. The Balaban J connectivity index is 1.71. The number of rotatable bonds is 5.